The van der Waals surface area contributed by atoms with Crippen molar-refractivity contribution in [1.82, 2.24) is 10.2 Å². The molecule has 2 aromatic rings. The van der Waals surface area contributed by atoms with Gasteiger partial charge in [-0.05, 0) is 19.1 Å². The van der Waals surface area contributed by atoms with Gasteiger partial charge in [-0.1, -0.05) is 23.5 Å². The molecule has 1 aromatic heterocycles. The number of benzene rings is 1. The van der Waals surface area contributed by atoms with Crippen LogP contribution < -0.4 is 5.73 Å². The highest BCUT2D eigenvalue weighted by atomic mass is 32.1. The summed E-state index contributed by atoms with van der Waals surface area (Å²) >= 11 is 1.17. The maximum Gasteiger partial charge on any atom is 0.369 e. The molecule has 0 unspecified atom stereocenters. The average Bonchev–Trinajstić information content (AvgIpc) is 2.79. The number of hydrogen-bond acceptors (Lipinski definition) is 6. The molecule has 2 N–H and O–H groups in total. The molecule has 0 aliphatic rings. The van der Waals surface area contributed by atoms with E-state index >= 15 is 0 Å². The molecular weight excluding hydrogens is 238 g/mol. The number of esters is 1. The van der Waals surface area contributed by atoms with Crippen molar-refractivity contribution in [2.45, 2.75) is 6.92 Å². The van der Waals surface area contributed by atoms with Gasteiger partial charge in [-0.15, -0.1) is 10.2 Å². The Hall–Kier alpha value is -1.95. The summed E-state index contributed by atoms with van der Waals surface area (Å²) in [6.07, 6.45) is 0. The summed E-state index contributed by atoms with van der Waals surface area (Å²) in [5, 5.41) is 8.59. The van der Waals surface area contributed by atoms with Gasteiger partial charge in [-0.25, -0.2) is 4.79 Å². The summed E-state index contributed by atoms with van der Waals surface area (Å²) in [6, 6.07) is 7.31. The number of hydrogen-bond donors (Lipinski definition) is 1. The molecule has 17 heavy (non-hydrogen) atoms. The molecular formula is C11H11N3O2S. The van der Waals surface area contributed by atoms with Crippen molar-refractivity contribution >= 4 is 23.0 Å². The number of carbonyl (C=O) groups excluding carboxylic acids is 1. The van der Waals surface area contributed by atoms with Crippen molar-refractivity contribution in [3.63, 3.8) is 0 Å². The fourth-order valence-electron chi connectivity index (χ4n) is 1.30. The molecule has 0 aliphatic carbocycles. The third kappa shape index (κ3) is 2.42. The summed E-state index contributed by atoms with van der Waals surface area (Å²) in [7, 11) is 0. The van der Waals surface area contributed by atoms with E-state index < -0.39 is 5.97 Å². The molecule has 88 valence electrons. The van der Waals surface area contributed by atoms with E-state index in [1.165, 1.54) is 11.3 Å². The van der Waals surface area contributed by atoms with Crippen LogP contribution in [0.4, 0.5) is 5.69 Å². The molecule has 0 atom stereocenters. The first-order valence-corrected chi connectivity index (χ1v) is 5.89. The van der Waals surface area contributed by atoms with Crippen LogP contribution in [0.1, 0.15) is 16.7 Å². The van der Waals surface area contributed by atoms with Crippen LogP contribution in [0.15, 0.2) is 24.3 Å². The number of aromatic nitrogens is 2. The Kier molecular flexibility index (Phi) is 3.34. The summed E-state index contributed by atoms with van der Waals surface area (Å²) < 4.78 is 4.85. The van der Waals surface area contributed by atoms with Crippen LogP contribution in [0.25, 0.3) is 10.6 Å². The second-order valence-electron chi connectivity index (χ2n) is 3.22. The monoisotopic (exact) mass is 249 g/mol. The molecule has 1 aromatic carbocycles. The van der Waals surface area contributed by atoms with Crippen LogP contribution in [0.2, 0.25) is 0 Å². The number of nitrogens with two attached hydrogens (primary N) is 1. The van der Waals surface area contributed by atoms with E-state index in [-0.39, 0.29) is 5.01 Å². The van der Waals surface area contributed by atoms with E-state index in [1.807, 2.05) is 18.2 Å². The van der Waals surface area contributed by atoms with Crippen molar-refractivity contribution in [1.29, 1.82) is 0 Å². The second-order valence-corrected chi connectivity index (χ2v) is 4.20. The first-order valence-electron chi connectivity index (χ1n) is 5.08. The Balaban J connectivity index is 2.30. The second kappa shape index (κ2) is 4.92. The molecule has 1 heterocycles. The Morgan fingerprint density at radius 3 is 2.88 bits per heavy atom. The minimum Gasteiger partial charge on any atom is -0.461 e. The van der Waals surface area contributed by atoms with Crippen LogP contribution in [-0.4, -0.2) is 22.8 Å². The summed E-state index contributed by atoms with van der Waals surface area (Å²) in [5.74, 6) is -0.453. The van der Waals surface area contributed by atoms with Gasteiger partial charge in [0, 0.05) is 11.3 Å². The number of anilines is 1. The Morgan fingerprint density at radius 1 is 1.41 bits per heavy atom. The van der Waals surface area contributed by atoms with Gasteiger partial charge in [-0.2, -0.15) is 0 Å². The molecule has 0 aliphatic heterocycles. The van der Waals surface area contributed by atoms with Gasteiger partial charge >= 0.3 is 5.97 Å². The van der Waals surface area contributed by atoms with Gasteiger partial charge in [0.2, 0.25) is 5.01 Å². The molecule has 0 radical (unpaired) electrons. The third-order valence-electron chi connectivity index (χ3n) is 2.07. The number of ether oxygens (including phenoxy) is 1. The number of nitrogen functional groups attached to an aromatic ring is 1. The molecule has 0 fully saturated rings. The molecule has 0 saturated heterocycles. The minimum atomic E-state index is -0.453. The first-order chi connectivity index (χ1) is 8.22. The van der Waals surface area contributed by atoms with Gasteiger partial charge < -0.3 is 10.5 Å². The van der Waals surface area contributed by atoms with Gasteiger partial charge in [0.05, 0.1) is 6.61 Å². The summed E-state index contributed by atoms with van der Waals surface area (Å²) in [4.78, 5) is 11.4. The zero-order chi connectivity index (χ0) is 12.3. The number of nitrogens with zero attached hydrogens (tertiary/aromatic N) is 2. The summed E-state index contributed by atoms with van der Waals surface area (Å²) in [5.41, 5.74) is 7.21. The topological polar surface area (TPSA) is 78.1 Å². The van der Waals surface area contributed by atoms with E-state index in [9.17, 15) is 4.79 Å². The van der Waals surface area contributed by atoms with E-state index in [0.717, 1.165) is 5.56 Å². The van der Waals surface area contributed by atoms with Crippen LogP contribution in [-0.2, 0) is 4.74 Å². The molecule has 2 rings (SSSR count). The first kappa shape index (κ1) is 11.5. The SMILES string of the molecule is CCOC(=O)c1nnc(-c2ccccc2N)s1. The zero-order valence-corrected chi connectivity index (χ0v) is 10.0. The lowest BCUT2D eigenvalue weighted by atomic mass is 10.2. The van der Waals surface area contributed by atoms with Crippen LogP contribution in [0, 0.1) is 0 Å². The van der Waals surface area contributed by atoms with Crippen molar-refractivity contribution in [3.05, 3.63) is 29.3 Å². The largest absolute Gasteiger partial charge is 0.461 e. The van der Waals surface area contributed by atoms with Gasteiger partial charge in [0.25, 0.3) is 0 Å². The molecule has 6 heteroatoms. The Labute approximate surface area is 102 Å². The van der Waals surface area contributed by atoms with Gasteiger partial charge in [0.15, 0.2) is 0 Å². The fourth-order valence-corrected chi connectivity index (χ4v) is 2.08. The number of rotatable bonds is 3. The standard InChI is InChI=1S/C11H11N3O2S/c1-2-16-11(15)10-14-13-9(17-10)7-5-3-4-6-8(7)12/h3-6H,2,12H2,1H3. The van der Waals surface area contributed by atoms with E-state index in [2.05, 4.69) is 10.2 Å². The lowest BCUT2D eigenvalue weighted by Gasteiger charge is -1.99. The maximum absolute atomic E-state index is 11.4. The quantitative estimate of drug-likeness (QED) is 0.664. The van der Waals surface area contributed by atoms with Crippen LogP contribution >= 0.6 is 11.3 Å². The van der Waals surface area contributed by atoms with E-state index in [4.69, 9.17) is 10.5 Å². The Bertz CT molecular complexity index is 539. The number of carbonyl (C=O) groups is 1. The van der Waals surface area contributed by atoms with Crippen LogP contribution in [0.3, 0.4) is 0 Å². The highest BCUT2D eigenvalue weighted by Gasteiger charge is 2.15. The molecule has 0 amide bonds. The third-order valence-corrected chi connectivity index (χ3v) is 3.00. The lowest BCUT2D eigenvalue weighted by molar-refractivity contribution is 0.0525. The lowest BCUT2D eigenvalue weighted by Crippen LogP contribution is -2.03. The average molecular weight is 249 g/mol. The highest BCUT2D eigenvalue weighted by Crippen LogP contribution is 2.28. The van der Waals surface area contributed by atoms with Crippen molar-refractivity contribution in [3.8, 4) is 10.6 Å². The molecule has 0 bridgehead atoms. The minimum absolute atomic E-state index is 0.241. The molecule has 0 spiro atoms. The summed E-state index contributed by atoms with van der Waals surface area (Å²) in [6.45, 7) is 2.07. The van der Waals surface area contributed by atoms with Gasteiger partial charge in [0.1, 0.15) is 5.01 Å². The van der Waals surface area contributed by atoms with E-state index in [1.54, 1.807) is 13.0 Å². The van der Waals surface area contributed by atoms with Crippen molar-refractivity contribution in [2.75, 3.05) is 12.3 Å². The fraction of sp³-hybridized carbons (Fsp3) is 0.182. The smallest absolute Gasteiger partial charge is 0.369 e. The van der Waals surface area contributed by atoms with Gasteiger partial charge in [-0.3, -0.25) is 0 Å². The number of para-hydroxylation sites is 1. The van der Waals surface area contributed by atoms with Crippen molar-refractivity contribution in [2.24, 2.45) is 0 Å². The van der Waals surface area contributed by atoms with Crippen LogP contribution in [0.5, 0.6) is 0 Å². The normalized spacial score (nSPS) is 10.2. The zero-order valence-electron chi connectivity index (χ0n) is 9.21. The molecule has 5 nitrogen and oxygen atoms in total. The Morgan fingerprint density at radius 2 is 2.18 bits per heavy atom. The maximum atomic E-state index is 11.4. The molecule has 0 saturated carbocycles. The van der Waals surface area contributed by atoms with Crippen molar-refractivity contribution < 1.29 is 9.53 Å². The predicted octanol–water partition coefficient (Wildman–Crippen LogP) is 1.96. The highest BCUT2D eigenvalue weighted by molar-refractivity contribution is 7.16. The predicted molar refractivity (Wildman–Crippen MR) is 65.7 cm³/mol. The van der Waals surface area contributed by atoms with E-state index in [0.29, 0.717) is 17.3 Å².